The van der Waals surface area contributed by atoms with Crippen molar-refractivity contribution in [1.29, 1.82) is 0 Å². The van der Waals surface area contributed by atoms with Gasteiger partial charge in [-0.1, -0.05) is 6.92 Å². The normalized spacial score (nSPS) is 26.2. The van der Waals surface area contributed by atoms with Gasteiger partial charge in [-0.25, -0.2) is 0 Å². The van der Waals surface area contributed by atoms with Crippen LogP contribution in [0.25, 0.3) is 0 Å². The number of rotatable bonds is 4. The molecule has 1 aliphatic carbocycles. The van der Waals surface area contributed by atoms with Crippen LogP contribution in [0.5, 0.6) is 0 Å². The van der Waals surface area contributed by atoms with Gasteiger partial charge in [0.1, 0.15) is 0 Å². The molecule has 0 aromatic carbocycles. The van der Waals surface area contributed by atoms with Crippen LogP contribution in [0, 0.1) is 5.41 Å². The Hall–Kier alpha value is -0.0800. The summed E-state index contributed by atoms with van der Waals surface area (Å²) in [5, 5.41) is 12.2. The minimum Gasteiger partial charge on any atom is -0.395 e. The second kappa shape index (κ2) is 3.11. The first-order valence-electron chi connectivity index (χ1n) is 4.45. The van der Waals surface area contributed by atoms with E-state index in [-0.39, 0.29) is 12.6 Å². The average Bonchev–Trinajstić information content (AvgIpc) is 2.69. The first-order valence-corrected chi connectivity index (χ1v) is 4.45. The van der Waals surface area contributed by atoms with Crippen LogP contribution in [0.1, 0.15) is 33.6 Å². The fourth-order valence-electron chi connectivity index (χ4n) is 1.31. The van der Waals surface area contributed by atoms with Gasteiger partial charge in [-0.2, -0.15) is 0 Å². The van der Waals surface area contributed by atoms with Crippen LogP contribution in [0.4, 0.5) is 0 Å². The molecular weight excluding hydrogens is 138 g/mol. The molecule has 1 saturated carbocycles. The predicted octanol–water partition coefficient (Wildman–Crippen LogP) is 1.15. The molecule has 0 spiro atoms. The van der Waals surface area contributed by atoms with E-state index < -0.39 is 0 Å². The SMILES string of the molecule is CC(N[C@@H](C)CO)C1(C)CC1. The van der Waals surface area contributed by atoms with Crippen LogP contribution in [-0.2, 0) is 0 Å². The summed E-state index contributed by atoms with van der Waals surface area (Å²) in [7, 11) is 0. The number of aliphatic hydroxyl groups is 1. The molecule has 2 heteroatoms. The van der Waals surface area contributed by atoms with Crippen molar-refractivity contribution in [2.75, 3.05) is 6.61 Å². The van der Waals surface area contributed by atoms with Crippen LogP contribution in [-0.4, -0.2) is 23.8 Å². The highest BCUT2D eigenvalue weighted by molar-refractivity contribution is 4.97. The zero-order valence-electron chi connectivity index (χ0n) is 7.72. The van der Waals surface area contributed by atoms with Crippen molar-refractivity contribution in [3.8, 4) is 0 Å². The lowest BCUT2D eigenvalue weighted by molar-refractivity contribution is 0.226. The lowest BCUT2D eigenvalue weighted by Gasteiger charge is -2.23. The van der Waals surface area contributed by atoms with Gasteiger partial charge in [0.15, 0.2) is 0 Å². The highest BCUT2D eigenvalue weighted by Crippen LogP contribution is 2.47. The molecule has 1 unspecified atom stereocenters. The fourth-order valence-corrected chi connectivity index (χ4v) is 1.31. The van der Waals surface area contributed by atoms with Crippen molar-refractivity contribution in [2.24, 2.45) is 5.41 Å². The molecule has 2 atom stereocenters. The molecule has 1 fully saturated rings. The Kier molecular flexibility index (Phi) is 2.55. The minimum absolute atomic E-state index is 0.237. The van der Waals surface area contributed by atoms with Crippen molar-refractivity contribution in [3.05, 3.63) is 0 Å². The molecule has 0 bridgehead atoms. The summed E-state index contributed by atoms with van der Waals surface area (Å²) in [4.78, 5) is 0. The van der Waals surface area contributed by atoms with Gasteiger partial charge >= 0.3 is 0 Å². The smallest absolute Gasteiger partial charge is 0.0582 e. The monoisotopic (exact) mass is 157 g/mol. The zero-order valence-corrected chi connectivity index (χ0v) is 7.72. The van der Waals surface area contributed by atoms with Gasteiger partial charge in [0.05, 0.1) is 6.61 Å². The molecular formula is C9H19NO. The van der Waals surface area contributed by atoms with Crippen LogP contribution >= 0.6 is 0 Å². The predicted molar refractivity (Wildman–Crippen MR) is 46.5 cm³/mol. The van der Waals surface area contributed by atoms with Crippen molar-refractivity contribution >= 4 is 0 Å². The third-order valence-electron chi connectivity index (χ3n) is 2.89. The molecule has 1 rings (SSSR count). The highest BCUT2D eigenvalue weighted by atomic mass is 16.3. The van der Waals surface area contributed by atoms with E-state index in [0.717, 1.165) is 0 Å². The maximum Gasteiger partial charge on any atom is 0.0582 e. The Balaban J connectivity index is 2.25. The van der Waals surface area contributed by atoms with Crippen molar-refractivity contribution in [2.45, 2.75) is 45.7 Å². The molecule has 11 heavy (non-hydrogen) atoms. The summed E-state index contributed by atoms with van der Waals surface area (Å²) in [5.41, 5.74) is 0.517. The molecule has 1 aliphatic rings. The largest absolute Gasteiger partial charge is 0.395 e. The summed E-state index contributed by atoms with van der Waals surface area (Å²) < 4.78 is 0. The van der Waals surface area contributed by atoms with Gasteiger partial charge in [-0.15, -0.1) is 0 Å². The number of nitrogens with one attached hydrogen (secondary N) is 1. The maximum atomic E-state index is 8.81. The molecule has 0 saturated heterocycles. The Labute approximate surface area is 69.0 Å². The number of hydrogen-bond donors (Lipinski definition) is 2. The number of hydrogen-bond acceptors (Lipinski definition) is 2. The highest BCUT2D eigenvalue weighted by Gasteiger charge is 2.42. The Bertz CT molecular complexity index is 132. The van der Waals surface area contributed by atoms with Crippen LogP contribution in [0.15, 0.2) is 0 Å². The quantitative estimate of drug-likeness (QED) is 0.641. The molecule has 0 aromatic heterocycles. The Morgan fingerprint density at radius 1 is 1.45 bits per heavy atom. The lowest BCUT2D eigenvalue weighted by atomic mass is 10.0. The Morgan fingerprint density at radius 3 is 2.36 bits per heavy atom. The van der Waals surface area contributed by atoms with Crippen LogP contribution < -0.4 is 5.32 Å². The third-order valence-corrected chi connectivity index (χ3v) is 2.89. The van der Waals surface area contributed by atoms with Crippen molar-refractivity contribution in [3.63, 3.8) is 0 Å². The number of aliphatic hydroxyl groups excluding tert-OH is 1. The summed E-state index contributed by atoms with van der Waals surface area (Å²) in [6.07, 6.45) is 2.67. The van der Waals surface area contributed by atoms with Crippen molar-refractivity contribution < 1.29 is 5.11 Å². The van der Waals surface area contributed by atoms with Gasteiger partial charge in [0, 0.05) is 12.1 Å². The molecule has 0 radical (unpaired) electrons. The summed E-state index contributed by atoms with van der Waals surface area (Å²) >= 11 is 0. The minimum atomic E-state index is 0.237. The van der Waals surface area contributed by atoms with Gasteiger partial charge in [-0.05, 0) is 32.1 Å². The molecule has 2 nitrogen and oxygen atoms in total. The van der Waals surface area contributed by atoms with E-state index in [1.165, 1.54) is 12.8 Å². The third kappa shape index (κ3) is 2.17. The van der Waals surface area contributed by atoms with Gasteiger partial charge in [-0.3, -0.25) is 0 Å². The van der Waals surface area contributed by atoms with Crippen LogP contribution in [0.2, 0.25) is 0 Å². The molecule has 0 aromatic rings. The lowest BCUT2D eigenvalue weighted by Crippen LogP contribution is -2.41. The maximum absolute atomic E-state index is 8.81. The second-order valence-corrected chi connectivity index (χ2v) is 4.13. The van der Waals surface area contributed by atoms with E-state index in [1.54, 1.807) is 0 Å². The Morgan fingerprint density at radius 2 is 2.00 bits per heavy atom. The molecule has 2 N–H and O–H groups in total. The van der Waals surface area contributed by atoms with E-state index in [0.29, 0.717) is 11.5 Å². The van der Waals surface area contributed by atoms with Crippen molar-refractivity contribution in [1.82, 2.24) is 5.32 Å². The first-order chi connectivity index (χ1) is 5.08. The van der Waals surface area contributed by atoms with E-state index in [9.17, 15) is 0 Å². The fraction of sp³-hybridized carbons (Fsp3) is 1.00. The molecule has 0 aliphatic heterocycles. The zero-order chi connectivity index (χ0) is 8.48. The summed E-state index contributed by atoms with van der Waals surface area (Å²) in [6.45, 7) is 6.76. The summed E-state index contributed by atoms with van der Waals surface area (Å²) in [6, 6.07) is 0.784. The molecule has 0 amide bonds. The molecule has 66 valence electrons. The van der Waals surface area contributed by atoms with E-state index >= 15 is 0 Å². The van der Waals surface area contributed by atoms with Gasteiger partial charge < -0.3 is 10.4 Å². The second-order valence-electron chi connectivity index (χ2n) is 4.13. The van der Waals surface area contributed by atoms with E-state index in [4.69, 9.17) is 5.11 Å². The van der Waals surface area contributed by atoms with E-state index in [1.807, 2.05) is 6.92 Å². The van der Waals surface area contributed by atoms with Gasteiger partial charge in [0.25, 0.3) is 0 Å². The summed E-state index contributed by atoms with van der Waals surface area (Å²) in [5.74, 6) is 0. The molecule has 0 heterocycles. The topological polar surface area (TPSA) is 32.3 Å². The standard InChI is InChI=1S/C9H19NO/c1-7(6-11)10-8(2)9(3)4-5-9/h7-8,10-11H,4-6H2,1-3H3/t7-,8?/m0/s1. The first kappa shape index (κ1) is 9.01. The van der Waals surface area contributed by atoms with Gasteiger partial charge in [0.2, 0.25) is 0 Å². The van der Waals surface area contributed by atoms with Crippen LogP contribution in [0.3, 0.4) is 0 Å². The average molecular weight is 157 g/mol. The van der Waals surface area contributed by atoms with E-state index in [2.05, 4.69) is 19.2 Å².